The van der Waals surface area contributed by atoms with E-state index in [-0.39, 0.29) is 17.7 Å². The van der Waals surface area contributed by atoms with Crippen molar-refractivity contribution in [3.8, 4) is 11.5 Å². The Balaban J connectivity index is 1.76. The fourth-order valence-corrected chi connectivity index (χ4v) is 5.21. The van der Waals surface area contributed by atoms with Crippen LogP contribution >= 0.6 is 0 Å². The average molecular weight is 447 g/mol. The standard InChI is InChI=1S/C23H30N2O5S/c1-4-29-21-12-11-18(16-22(21)30-5-2)17(3)24-23(26)19-9-8-10-20(15-19)25-13-6-7-14-31(25,27)28/h8-12,15-17H,4-7,13-14H2,1-3H3,(H,24,26)/t17-/m0/s1. The molecule has 1 atom stereocenters. The van der Waals surface area contributed by atoms with Gasteiger partial charge in [0.05, 0.1) is 30.7 Å². The number of nitrogens with zero attached hydrogens (tertiary/aromatic N) is 1. The maximum Gasteiger partial charge on any atom is 0.251 e. The topological polar surface area (TPSA) is 84.9 Å². The molecule has 2 aromatic carbocycles. The third kappa shape index (κ3) is 5.50. The van der Waals surface area contributed by atoms with E-state index >= 15 is 0 Å². The summed E-state index contributed by atoms with van der Waals surface area (Å²) in [6.45, 7) is 7.20. The number of carbonyl (C=O) groups is 1. The highest BCUT2D eigenvalue weighted by Crippen LogP contribution is 2.31. The Morgan fingerprint density at radius 2 is 1.81 bits per heavy atom. The van der Waals surface area contributed by atoms with Crippen LogP contribution in [0.4, 0.5) is 5.69 Å². The minimum Gasteiger partial charge on any atom is -0.490 e. The molecule has 1 saturated heterocycles. The highest BCUT2D eigenvalue weighted by molar-refractivity contribution is 7.92. The SMILES string of the molecule is CCOc1ccc([C@H](C)NC(=O)c2cccc(N3CCCCS3(=O)=O)c2)cc1OCC. The second-order valence-corrected chi connectivity index (χ2v) is 9.43. The van der Waals surface area contributed by atoms with E-state index in [4.69, 9.17) is 9.47 Å². The normalized spacial score (nSPS) is 16.4. The first-order valence-electron chi connectivity index (χ1n) is 10.7. The van der Waals surface area contributed by atoms with Gasteiger partial charge < -0.3 is 14.8 Å². The molecule has 2 aromatic rings. The van der Waals surface area contributed by atoms with Gasteiger partial charge in [0.2, 0.25) is 10.0 Å². The van der Waals surface area contributed by atoms with Crippen molar-refractivity contribution in [3.63, 3.8) is 0 Å². The molecule has 8 heteroatoms. The van der Waals surface area contributed by atoms with Gasteiger partial charge in [-0.05, 0) is 69.5 Å². The van der Waals surface area contributed by atoms with Gasteiger partial charge in [-0.2, -0.15) is 0 Å². The van der Waals surface area contributed by atoms with Crippen LogP contribution in [0.1, 0.15) is 55.6 Å². The largest absolute Gasteiger partial charge is 0.490 e. The smallest absolute Gasteiger partial charge is 0.251 e. The molecule has 0 saturated carbocycles. The van der Waals surface area contributed by atoms with E-state index in [0.717, 1.165) is 12.0 Å². The van der Waals surface area contributed by atoms with Gasteiger partial charge in [-0.3, -0.25) is 9.10 Å². The molecule has 3 rings (SSSR count). The fourth-order valence-electron chi connectivity index (χ4n) is 3.58. The molecular formula is C23H30N2O5S. The van der Waals surface area contributed by atoms with Crippen molar-refractivity contribution in [2.24, 2.45) is 0 Å². The first-order valence-corrected chi connectivity index (χ1v) is 12.3. The lowest BCUT2D eigenvalue weighted by Crippen LogP contribution is -2.38. The van der Waals surface area contributed by atoms with Crippen molar-refractivity contribution >= 4 is 21.6 Å². The first-order chi connectivity index (χ1) is 14.9. The van der Waals surface area contributed by atoms with Crippen molar-refractivity contribution < 1.29 is 22.7 Å². The third-order valence-electron chi connectivity index (χ3n) is 5.16. The molecule has 0 spiro atoms. The Kier molecular flexibility index (Phi) is 7.43. The Hall–Kier alpha value is -2.74. The molecule has 0 radical (unpaired) electrons. The maximum atomic E-state index is 12.9. The molecule has 31 heavy (non-hydrogen) atoms. The zero-order chi connectivity index (χ0) is 22.4. The Labute approximate surface area is 184 Å². The van der Waals surface area contributed by atoms with E-state index < -0.39 is 10.0 Å². The quantitative estimate of drug-likeness (QED) is 0.665. The lowest BCUT2D eigenvalue weighted by molar-refractivity contribution is 0.0939. The lowest BCUT2D eigenvalue weighted by atomic mass is 10.1. The maximum absolute atomic E-state index is 12.9. The molecule has 168 valence electrons. The summed E-state index contributed by atoms with van der Waals surface area (Å²) in [5.41, 5.74) is 1.83. The summed E-state index contributed by atoms with van der Waals surface area (Å²) in [4.78, 5) is 12.9. The van der Waals surface area contributed by atoms with Crippen LogP contribution in [0.5, 0.6) is 11.5 Å². The van der Waals surface area contributed by atoms with Crippen LogP contribution in [-0.2, 0) is 10.0 Å². The zero-order valence-corrected chi connectivity index (χ0v) is 19.1. The number of hydrogen-bond donors (Lipinski definition) is 1. The van der Waals surface area contributed by atoms with Crippen LogP contribution in [0.3, 0.4) is 0 Å². The van der Waals surface area contributed by atoms with Crippen LogP contribution in [0.2, 0.25) is 0 Å². The molecule has 1 aliphatic rings. The number of rotatable bonds is 8. The van der Waals surface area contributed by atoms with Crippen LogP contribution in [-0.4, -0.2) is 39.8 Å². The van der Waals surface area contributed by atoms with E-state index in [0.29, 0.717) is 48.9 Å². The average Bonchev–Trinajstić information content (AvgIpc) is 2.75. The number of ether oxygens (including phenoxy) is 2. The van der Waals surface area contributed by atoms with E-state index in [2.05, 4.69) is 5.32 Å². The minimum atomic E-state index is -3.33. The molecule has 0 aromatic heterocycles. The van der Waals surface area contributed by atoms with Crippen molar-refractivity contribution in [2.75, 3.05) is 29.8 Å². The second-order valence-electron chi connectivity index (χ2n) is 7.41. The minimum absolute atomic E-state index is 0.139. The third-order valence-corrected chi connectivity index (χ3v) is 7.03. The zero-order valence-electron chi connectivity index (χ0n) is 18.3. The van der Waals surface area contributed by atoms with Gasteiger partial charge in [0.1, 0.15) is 0 Å². The van der Waals surface area contributed by atoms with Crippen molar-refractivity contribution in [2.45, 2.75) is 39.7 Å². The molecular weight excluding hydrogens is 416 g/mol. The van der Waals surface area contributed by atoms with Gasteiger partial charge in [-0.25, -0.2) is 8.42 Å². The summed E-state index contributed by atoms with van der Waals surface area (Å²) < 4.78 is 37.4. The van der Waals surface area contributed by atoms with Gasteiger partial charge in [0, 0.05) is 12.1 Å². The predicted molar refractivity (Wildman–Crippen MR) is 121 cm³/mol. The van der Waals surface area contributed by atoms with Crippen molar-refractivity contribution in [1.82, 2.24) is 5.32 Å². The van der Waals surface area contributed by atoms with E-state index in [1.807, 2.05) is 39.0 Å². The molecule has 1 amide bonds. The summed E-state index contributed by atoms with van der Waals surface area (Å²) in [5, 5.41) is 2.98. The summed E-state index contributed by atoms with van der Waals surface area (Å²) >= 11 is 0. The van der Waals surface area contributed by atoms with E-state index in [1.54, 1.807) is 24.3 Å². The molecule has 1 heterocycles. The monoisotopic (exact) mass is 446 g/mol. The van der Waals surface area contributed by atoms with Gasteiger partial charge in [0.25, 0.3) is 5.91 Å². The lowest BCUT2D eigenvalue weighted by Gasteiger charge is -2.28. The number of benzene rings is 2. The van der Waals surface area contributed by atoms with Crippen molar-refractivity contribution in [1.29, 1.82) is 0 Å². The predicted octanol–water partition coefficient (Wildman–Crippen LogP) is 3.91. The van der Waals surface area contributed by atoms with Crippen LogP contribution in [0, 0.1) is 0 Å². The van der Waals surface area contributed by atoms with Gasteiger partial charge in [-0.15, -0.1) is 0 Å². The summed E-state index contributed by atoms with van der Waals surface area (Å²) in [7, 11) is -3.33. The first kappa shape index (κ1) is 22.9. The molecule has 1 N–H and O–H groups in total. The number of amides is 1. The van der Waals surface area contributed by atoms with E-state index in [9.17, 15) is 13.2 Å². The summed E-state index contributed by atoms with van der Waals surface area (Å²) in [6, 6.07) is 12.1. The Morgan fingerprint density at radius 3 is 2.52 bits per heavy atom. The van der Waals surface area contributed by atoms with Crippen molar-refractivity contribution in [3.05, 3.63) is 53.6 Å². The summed E-state index contributed by atoms with van der Waals surface area (Å²) in [5.74, 6) is 1.18. The molecule has 0 aliphatic carbocycles. The number of carbonyl (C=O) groups excluding carboxylic acids is 1. The number of nitrogens with one attached hydrogen (secondary N) is 1. The fraction of sp³-hybridized carbons (Fsp3) is 0.435. The van der Waals surface area contributed by atoms with Crippen LogP contribution in [0.15, 0.2) is 42.5 Å². The number of hydrogen-bond acceptors (Lipinski definition) is 5. The van der Waals surface area contributed by atoms with Crippen LogP contribution in [0.25, 0.3) is 0 Å². The molecule has 0 unspecified atom stereocenters. The Bertz CT molecular complexity index is 1020. The molecule has 1 fully saturated rings. The molecule has 0 bridgehead atoms. The highest BCUT2D eigenvalue weighted by atomic mass is 32.2. The van der Waals surface area contributed by atoms with Gasteiger partial charge in [-0.1, -0.05) is 12.1 Å². The highest BCUT2D eigenvalue weighted by Gasteiger charge is 2.26. The van der Waals surface area contributed by atoms with E-state index in [1.165, 1.54) is 4.31 Å². The summed E-state index contributed by atoms with van der Waals surface area (Å²) in [6.07, 6.45) is 1.48. The molecule has 7 nitrogen and oxygen atoms in total. The Morgan fingerprint density at radius 1 is 1.06 bits per heavy atom. The second kappa shape index (κ2) is 10.0. The van der Waals surface area contributed by atoms with Gasteiger partial charge >= 0.3 is 0 Å². The van der Waals surface area contributed by atoms with Crippen LogP contribution < -0.4 is 19.1 Å². The number of anilines is 1. The van der Waals surface area contributed by atoms with Gasteiger partial charge in [0.15, 0.2) is 11.5 Å². The molecule has 1 aliphatic heterocycles. The number of sulfonamides is 1.